The lowest BCUT2D eigenvalue weighted by Gasteiger charge is -2.17. The van der Waals surface area contributed by atoms with Crippen molar-refractivity contribution in [1.29, 1.82) is 0 Å². The molecule has 262 valence electrons. The Bertz CT molecular complexity index is 1980. The van der Waals surface area contributed by atoms with Crippen molar-refractivity contribution >= 4 is 23.8 Å². The minimum atomic E-state index is 0.348. The van der Waals surface area contributed by atoms with Crippen LogP contribution >= 0.6 is 0 Å². The lowest BCUT2D eigenvalue weighted by Crippen LogP contribution is -2.01. The van der Waals surface area contributed by atoms with E-state index in [-0.39, 0.29) is 0 Å². The van der Waals surface area contributed by atoms with Gasteiger partial charge in [-0.3, -0.25) is 9.98 Å². The van der Waals surface area contributed by atoms with Crippen molar-refractivity contribution in [2.75, 3.05) is 0 Å². The third kappa shape index (κ3) is 8.02. The van der Waals surface area contributed by atoms with Crippen LogP contribution in [0.1, 0.15) is 113 Å². The van der Waals surface area contributed by atoms with E-state index >= 15 is 0 Å². The van der Waals surface area contributed by atoms with Crippen LogP contribution in [0.15, 0.2) is 131 Å². The fourth-order valence-electron chi connectivity index (χ4n) is 6.74. The van der Waals surface area contributed by atoms with Crippen LogP contribution in [0.4, 0.5) is 11.4 Å². The number of hydrogen-bond donors (Lipinski definition) is 0. The van der Waals surface area contributed by atoms with E-state index in [4.69, 9.17) is 20.0 Å². The van der Waals surface area contributed by atoms with E-state index in [1.807, 2.05) is 24.6 Å². The smallest absolute Gasteiger partial charge is 0.0979 e. The van der Waals surface area contributed by atoms with Crippen LogP contribution in [0.2, 0.25) is 0 Å². The topological polar surface area (TPSA) is 50.5 Å². The van der Waals surface area contributed by atoms with Crippen molar-refractivity contribution in [2.45, 2.75) is 79.1 Å². The van der Waals surface area contributed by atoms with Crippen LogP contribution in [0.5, 0.6) is 0 Å². The summed E-state index contributed by atoms with van der Waals surface area (Å²) in [5.41, 5.74) is 14.3. The second-order valence-corrected chi connectivity index (χ2v) is 14.7. The Kier molecular flexibility index (Phi) is 11.3. The van der Waals surface area contributed by atoms with Gasteiger partial charge < -0.3 is 0 Å². The van der Waals surface area contributed by atoms with Gasteiger partial charge in [0.25, 0.3) is 0 Å². The van der Waals surface area contributed by atoms with Crippen LogP contribution in [-0.4, -0.2) is 22.4 Å². The zero-order valence-corrected chi connectivity index (χ0v) is 31.8. The summed E-state index contributed by atoms with van der Waals surface area (Å²) in [6.45, 7) is 17.8. The zero-order chi connectivity index (χ0) is 36.8. The minimum absolute atomic E-state index is 0.348. The summed E-state index contributed by atoms with van der Waals surface area (Å²) in [7, 11) is 0. The van der Waals surface area contributed by atoms with Gasteiger partial charge in [-0.15, -0.1) is 0 Å². The van der Waals surface area contributed by atoms with Crippen molar-refractivity contribution in [2.24, 2.45) is 9.98 Å². The first-order valence-corrected chi connectivity index (χ1v) is 18.6. The molecule has 0 unspecified atom stereocenters. The van der Waals surface area contributed by atoms with Crippen molar-refractivity contribution in [3.8, 4) is 33.6 Å². The van der Waals surface area contributed by atoms with Crippen molar-refractivity contribution in [1.82, 2.24) is 9.97 Å². The van der Waals surface area contributed by atoms with Crippen LogP contribution in [0.3, 0.4) is 0 Å². The Morgan fingerprint density at radius 2 is 0.712 bits per heavy atom. The number of nitrogens with zero attached hydrogens (tertiary/aromatic N) is 4. The van der Waals surface area contributed by atoms with Gasteiger partial charge in [0.15, 0.2) is 0 Å². The molecular formula is C48H50N4. The molecule has 0 fully saturated rings. The molecule has 0 saturated carbocycles. The number of para-hydroxylation sites is 2. The molecule has 0 atom stereocenters. The lowest BCUT2D eigenvalue weighted by atomic mass is 9.93. The molecule has 0 amide bonds. The summed E-state index contributed by atoms with van der Waals surface area (Å²) in [6, 6.07) is 42.4. The van der Waals surface area contributed by atoms with Gasteiger partial charge in [0, 0.05) is 11.1 Å². The lowest BCUT2D eigenvalue weighted by molar-refractivity contribution is 0.834. The number of benzene rings is 4. The summed E-state index contributed by atoms with van der Waals surface area (Å²) in [6.07, 6.45) is 3.82. The summed E-state index contributed by atoms with van der Waals surface area (Å²) < 4.78 is 0. The van der Waals surface area contributed by atoms with Crippen LogP contribution in [0, 0.1) is 0 Å². The molecule has 2 aromatic heterocycles. The van der Waals surface area contributed by atoms with E-state index in [9.17, 15) is 0 Å². The molecule has 0 N–H and O–H groups in total. The molecule has 0 saturated heterocycles. The van der Waals surface area contributed by atoms with Gasteiger partial charge in [-0.25, -0.2) is 9.97 Å². The van der Waals surface area contributed by atoms with Gasteiger partial charge in [-0.05, 0) is 81.3 Å². The molecule has 0 aliphatic rings. The highest BCUT2D eigenvalue weighted by Gasteiger charge is 2.19. The zero-order valence-electron chi connectivity index (χ0n) is 31.8. The second-order valence-electron chi connectivity index (χ2n) is 14.7. The van der Waals surface area contributed by atoms with Crippen molar-refractivity contribution < 1.29 is 0 Å². The van der Waals surface area contributed by atoms with Gasteiger partial charge >= 0.3 is 0 Å². The van der Waals surface area contributed by atoms with Crippen LogP contribution in [0.25, 0.3) is 33.6 Å². The SMILES string of the molecule is CC(C)c1cccc(C(C)C)c1N=Cc1ccc(-c2ccccc2)c(-c2nc(C=Nc3c(C(C)C)cccc3C(C)C)ccc2-c2ccccc2)n1. The molecule has 0 aliphatic carbocycles. The van der Waals surface area contributed by atoms with E-state index in [0.717, 1.165) is 56.4 Å². The molecule has 6 rings (SSSR count). The van der Waals surface area contributed by atoms with E-state index in [2.05, 4.69) is 165 Å². The molecule has 6 aromatic rings. The van der Waals surface area contributed by atoms with E-state index in [1.54, 1.807) is 0 Å². The van der Waals surface area contributed by atoms with E-state index < -0.39 is 0 Å². The molecule has 0 bridgehead atoms. The van der Waals surface area contributed by atoms with Gasteiger partial charge in [-0.1, -0.05) is 152 Å². The first-order chi connectivity index (χ1) is 25.1. The minimum Gasteiger partial charge on any atom is -0.254 e. The van der Waals surface area contributed by atoms with E-state index in [0.29, 0.717) is 23.7 Å². The number of pyridine rings is 2. The Morgan fingerprint density at radius 1 is 0.385 bits per heavy atom. The molecule has 0 aliphatic heterocycles. The summed E-state index contributed by atoms with van der Waals surface area (Å²) in [5.74, 6) is 1.39. The van der Waals surface area contributed by atoms with Gasteiger partial charge in [-0.2, -0.15) is 0 Å². The molecule has 52 heavy (non-hydrogen) atoms. The predicted molar refractivity (Wildman–Crippen MR) is 222 cm³/mol. The molecule has 4 aromatic carbocycles. The molecule has 0 radical (unpaired) electrons. The molecule has 2 heterocycles. The van der Waals surface area contributed by atoms with Crippen LogP contribution < -0.4 is 0 Å². The number of rotatable bonds is 11. The monoisotopic (exact) mass is 682 g/mol. The van der Waals surface area contributed by atoms with Crippen LogP contribution in [-0.2, 0) is 0 Å². The number of aromatic nitrogens is 2. The predicted octanol–water partition coefficient (Wildman–Crippen LogP) is 13.5. The van der Waals surface area contributed by atoms with Crippen molar-refractivity contribution in [3.05, 3.63) is 155 Å². The quantitative estimate of drug-likeness (QED) is 0.128. The average Bonchev–Trinajstić information content (AvgIpc) is 3.16. The highest BCUT2D eigenvalue weighted by Crippen LogP contribution is 2.38. The third-order valence-corrected chi connectivity index (χ3v) is 9.56. The third-order valence-electron chi connectivity index (χ3n) is 9.56. The Morgan fingerprint density at radius 3 is 1.02 bits per heavy atom. The highest BCUT2D eigenvalue weighted by atomic mass is 14.8. The second kappa shape index (κ2) is 16.2. The Hall–Kier alpha value is -5.48. The summed E-state index contributed by atoms with van der Waals surface area (Å²) >= 11 is 0. The fourth-order valence-corrected chi connectivity index (χ4v) is 6.74. The number of hydrogen-bond acceptors (Lipinski definition) is 4. The Labute approximate surface area is 310 Å². The first kappa shape index (κ1) is 36.3. The average molecular weight is 683 g/mol. The maximum atomic E-state index is 5.35. The maximum absolute atomic E-state index is 5.35. The maximum Gasteiger partial charge on any atom is 0.0979 e. The molecule has 0 spiro atoms. The van der Waals surface area contributed by atoms with Gasteiger partial charge in [0.05, 0.1) is 46.6 Å². The summed E-state index contributed by atoms with van der Waals surface area (Å²) in [4.78, 5) is 21.0. The summed E-state index contributed by atoms with van der Waals surface area (Å²) in [5, 5.41) is 0. The number of aliphatic imine (C=N–C) groups is 2. The standard InChI is InChI=1S/C48H50N4/c1-31(2)39-21-15-22-40(32(3)4)45(39)49-29-37-25-27-43(35-17-11-9-12-18-35)47(51-37)48-44(36-19-13-10-14-20-36)28-26-38(52-48)30-50-46-41(33(5)6)23-16-24-42(46)34(7)8/h9-34H,1-8H3. The Balaban J connectivity index is 1.55. The van der Waals surface area contributed by atoms with Gasteiger partial charge in [0.2, 0.25) is 0 Å². The molecule has 4 nitrogen and oxygen atoms in total. The van der Waals surface area contributed by atoms with Gasteiger partial charge in [0.1, 0.15) is 0 Å². The van der Waals surface area contributed by atoms with E-state index in [1.165, 1.54) is 22.3 Å². The largest absolute Gasteiger partial charge is 0.254 e. The van der Waals surface area contributed by atoms with Crippen molar-refractivity contribution in [3.63, 3.8) is 0 Å². The fraction of sp³-hybridized carbons (Fsp3) is 0.250. The highest BCUT2D eigenvalue weighted by molar-refractivity contribution is 5.92. The normalized spacial score (nSPS) is 12.0. The first-order valence-electron chi connectivity index (χ1n) is 18.6. The molecular weight excluding hydrogens is 633 g/mol. The molecule has 4 heteroatoms.